The number of rotatable bonds is 6. The summed E-state index contributed by atoms with van der Waals surface area (Å²) in [4.78, 5) is 25.3. The summed E-state index contributed by atoms with van der Waals surface area (Å²) in [5.41, 5.74) is -0.0111. The first-order valence-electron chi connectivity index (χ1n) is 6.67. The number of methoxy groups -OCH3 is 1. The fourth-order valence-corrected chi connectivity index (χ4v) is 2.42. The number of carbonyl (C=O) groups excluding carboxylic acids is 2. The van der Waals surface area contributed by atoms with Gasteiger partial charge in [0.05, 0.1) is 19.1 Å². The second-order valence-corrected chi connectivity index (χ2v) is 5.92. The van der Waals surface area contributed by atoms with E-state index in [4.69, 9.17) is 0 Å². The Morgan fingerprint density at radius 1 is 1.38 bits per heavy atom. The molecule has 0 spiro atoms. The molecule has 0 unspecified atom stereocenters. The number of amides is 1. The Kier molecular flexibility index (Phi) is 6.81. The highest BCUT2D eigenvalue weighted by atomic mass is 79.9. The van der Waals surface area contributed by atoms with Crippen LogP contribution in [-0.2, 0) is 9.53 Å². The fraction of sp³-hybridized carbons (Fsp3) is 0.467. The van der Waals surface area contributed by atoms with Crippen molar-refractivity contribution in [3.05, 3.63) is 34.1 Å². The number of esters is 1. The molecule has 1 aromatic carbocycles. The predicted molar refractivity (Wildman–Crippen MR) is 81.5 cm³/mol. The summed E-state index contributed by atoms with van der Waals surface area (Å²) < 4.78 is 18.9. The molecule has 0 saturated carbocycles. The van der Waals surface area contributed by atoms with Crippen molar-refractivity contribution in [1.82, 2.24) is 4.90 Å². The maximum absolute atomic E-state index is 13.9. The number of hydrogen-bond acceptors (Lipinski definition) is 3. The lowest BCUT2D eigenvalue weighted by Gasteiger charge is -2.25. The minimum Gasteiger partial charge on any atom is -0.469 e. The highest BCUT2D eigenvalue weighted by Crippen LogP contribution is 2.22. The summed E-state index contributed by atoms with van der Waals surface area (Å²) >= 11 is 3.20. The molecule has 0 aliphatic carbocycles. The number of nitrogens with zero attached hydrogens (tertiary/aromatic N) is 1. The first-order valence-corrected chi connectivity index (χ1v) is 7.46. The SMILES string of the molecule is COC(=O)CCN(CC(C)C)C(=O)c1c(F)cccc1Br. The molecule has 4 nitrogen and oxygen atoms in total. The Bertz CT molecular complexity index is 499. The smallest absolute Gasteiger partial charge is 0.307 e. The second kappa shape index (κ2) is 8.12. The van der Waals surface area contributed by atoms with E-state index in [2.05, 4.69) is 20.7 Å². The minimum absolute atomic E-state index is 0.0111. The van der Waals surface area contributed by atoms with Crippen molar-refractivity contribution >= 4 is 27.8 Å². The molecule has 1 rings (SSSR count). The molecule has 1 aromatic rings. The van der Waals surface area contributed by atoms with Gasteiger partial charge in [0.15, 0.2) is 0 Å². The predicted octanol–water partition coefficient (Wildman–Crippen LogP) is 3.25. The first kappa shape index (κ1) is 17.6. The number of benzene rings is 1. The molecule has 116 valence electrons. The number of hydrogen-bond donors (Lipinski definition) is 0. The molecule has 0 radical (unpaired) electrons. The highest BCUT2D eigenvalue weighted by molar-refractivity contribution is 9.10. The average Bonchev–Trinajstić information content (AvgIpc) is 2.42. The van der Waals surface area contributed by atoms with Crippen LogP contribution in [0.15, 0.2) is 22.7 Å². The Balaban J connectivity index is 2.96. The number of ether oxygens (including phenoxy) is 1. The molecular formula is C15H19BrFNO3. The minimum atomic E-state index is -0.582. The summed E-state index contributed by atoms with van der Waals surface area (Å²) in [7, 11) is 1.30. The Morgan fingerprint density at radius 2 is 2.05 bits per heavy atom. The summed E-state index contributed by atoms with van der Waals surface area (Å²) in [6.45, 7) is 4.55. The quantitative estimate of drug-likeness (QED) is 0.732. The van der Waals surface area contributed by atoms with Gasteiger partial charge in [0.1, 0.15) is 5.82 Å². The topological polar surface area (TPSA) is 46.6 Å². The third-order valence-corrected chi connectivity index (χ3v) is 3.52. The molecule has 0 atom stereocenters. The lowest BCUT2D eigenvalue weighted by atomic mass is 10.1. The highest BCUT2D eigenvalue weighted by Gasteiger charge is 2.23. The molecule has 0 N–H and O–H groups in total. The van der Waals surface area contributed by atoms with Crippen molar-refractivity contribution in [2.45, 2.75) is 20.3 Å². The summed E-state index contributed by atoms with van der Waals surface area (Å²) in [6.07, 6.45) is 0.0844. The molecule has 0 aliphatic rings. The van der Waals surface area contributed by atoms with Crippen molar-refractivity contribution < 1.29 is 18.7 Å². The van der Waals surface area contributed by atoms with Crippen molar-refractivity contribution in [2.24, 2.45) is 5.92 Å². The monoisotopic (exact) mass is 359 g/mol. The molecule has 0 bridgehead atoms. The summed E-state index contributed by atoms with van der Waals surface area (Å²) in [5, 5.41) is 0. The van der Waals surface area contributed by atoms with E-state index in [1.165, 1.54) is 24.1 Å². The van der Waals surface area contributed by atoms with Gasteiger partial charge >= 0.3 is 5.97 Å². The van der Waals surface area contributed by atoms with Gasteiger partial charge in [-0.3, -0.25) is 9.59 Å². The van der Waals surface area contributed by atoms with Crippen molar-refractivity contribution in [3.8, 4) is 0 Å². The molecule has 1 amide bonds. The number of carbonyl (C=O) groups is 2. The molecule has 0 heterocycles. The Labute approximate surface area is 132 Å². The van der Waals surface area contributed by atoms with Crippen LogP contribution in [-0.4, -0.2) is 37.0 Å². The van der Waals surface area contributed by atoms with E-state index in [0.29, 0.717) is 11.0 Å². The zero-order valence-corrected chi connectivity index (χ0v) is 13.9. The van der Waals surface area contributed by atoms with Crippen LogP contribution >= 0.6 is 15.9 Å². The standard InChI is InChI=1S/C15H19BrFNO3/c1-10(2)9-18(8-7-13(19)21-3)15(20)14-11(16)5-4-6-12(14)17/h4-6,10H,7-9H2,1-3H3. The van der Waals surface area contributed by atoms with Crippen LogP contribution in [0.5, 0.6) is 0 Å². The average molecular weight is 360 g/mol. The van der Waals surface area contributed by atoms with Gasteiger partial charge in [-0.2, -0.15) is 0 Å². The van der Waals surface area contributed by atoms with Gasteiger partial charge in [0.2, 0.25) is 0 Å². The van der Waals surface area contributed by atoms with Crippen LogP contribution in [0.1, 0.15) is 30.6 Å². The zero-order valence-electron chi connectivity index (χ0n) is 12.4. The normalized spacial score (nSPS) is 10.6. The van der Waals surface area contributed by atoms with E-state index >= 15 is 0 Å². The second-order valence-electron chi connectivity index (χ2n) is 5.07. The first-order chi connectivity index (χ1) is 9.86. The van der Waals surface area contributed by atoms with Crippen LogP contribution < -0.4 is 0 Å². The van der Waals surface area contributed by atoms with Crippen molar-refractivity contribution in [3.63, 3.8) is 0 Å². The van der Waals surface area contributed by atoms with Gasteiger partial charge in [0, 0.05) is 17.6 Å². The molecular weight excluding hydrogens is 341 g/mol. The number of halogens is 2. The van der Waals surface area contributed by atoms with Gasteiger partial charge in [-0.15, -0.1) is 0 Å². The maximum Gasteiger partial charge on any atom is 0.307 e. The van der Waals surface area contributed by atoms with E-state index in [1.807, 2.05) is 13.8 Å². The van der Waals surface area contributed by atoms with Crippen molar-refractivity contribution in [1.29, 1.82) is 0 Å². The molecule has 0 aliphatic heterocycles. The van der Waals surface area contributed by atoms with E-state index in [1.54, 1.807) is 6.07 Å². The maximum atomic E-state index is 13.9. The largest absolute Gasteiger partial charge is 0.469 e. The molecule has 6 heteroatoms. The lowest BCUT2D eigenvalue weighted by Crippen LogP contribution is -2.36. The van der Waals surface area contributed by atoms with E-state index in [0.717, 1.165) is 0 Å². The van der Waals surface area contributed by atoms with Gasteiger partial charge < -0.3 is 9.64 Å². The molecule has 0 fully saturated rings. The summed E-state index contributed by atoms with van der Waals surface area (Å²) in [5.74, 6) is -1.21. The molecule has 0 saturated heterocycles. The molecule has 21 heavy (non-hydrogen) atoms. The Morgan fingerprint density at radius 3 is 2.57 bits per heavy atom. The van der Waals surface area contributed by atoms with E-state index in [9.17, 15) is 14.0 Å². The molecule has 0 aromatic heterocycles. The van der Waals surface area contributed by atoms with Crippen molar-refractivity contribution in [2.75, 3.05) is 20.2 Å². The van der Waals surface area contributed by atoms with Crippen LogP contribution in [0.3, 0.4) is 0 Å². The van der Waals surface area contributed by atoms with Crippen LogP contribution in [0.2, 0.25) is 0 Å². The van der Waals surface area contributed by atoms with Crippen LogP contribution in [0.4, 0.5) is 4.39 Å². The van der Waals surface area contributed by atoms with Gasteiger partial charge in [-0.05, 0) is 34.0 Å². The van der Waals surface area contributed by atoms with Gasteiger partial charge in [-0.1, -0.05) is 19.9 Å². The van der Waals surface area contributed by atoms with Gasteiger partial charge in [0.25, 0.3) is 5.91 Å². The third-order valence-electron chi connectivity index (χ3n) is 2.86. The van der Waals surface area contributed by atoms with E-state index < -0.39 is 17.7 Å². The Hall–Kier alpha value is -1.43. The van der Waals surface area contributed by atoms with Crippen LogP contribution in [0.25, 0.3) is 0 Å². The third kappa shape index (κ3) is 5.12. The zero-order chi connectivity index (χ0) is 16.0. The van der Waals surface area contributed by atoms with Gasteiger partial charge in [-0.25, -0.2) is 4.39 Å². The summed E-state index contributed by atoms with van der Waals surface area (Å²) in [6, 6.07) is 4.38. The lowest BCUT2D eigenvalue weighted by molar-refractivity contribution is -0.140. The fourth-order valence-electron chi connectivity index (χ4n) is 1.91. The van der Waals surface area contributed by atoms with Crippen LogP contribution in [0, 0.1) is 11.7 Å². The van der Waals surface area contributed by atoms with E-state index in [-0.39, 0.29) is 24.4 Å².